The molecule has 0 spiro atoms. The first kappa shape index (κ1) is 16.0. The summed E-state index contributed by atoms with van der Waals surface area (Å²) in [6.07, 6.45) is 1.93. The Labute approximate surface area is 147 Å². The molecule has 3 nitrogen and oxygen atoms in total. The van der Waals surface area contributed by atoms with Crippen molar-refractivity contribution in [2.24, 2.45) is 0 Å². The Bertz CT molecular complexity index is 681. The van der Waals surface area contributed by atoms with Gasteiger partial charge in [-0.05, 0) is 46.6 Å². The van der Waals surface area contributed by atoms with Crippen LogP contribution in [0.15, 0.2) is 41.0 Å². The van der Waals surface area contributed by atoms with E-state index in [9.17, 15) is 4.79 Å². The van der Waals surface area contributed by atoms with Crippen LogP contribution in [0.1, 0.15) is 27.6 Å². The molecule has 1 aliphatic heterocycles. The van der Waals surface area contributed by atoms with Gasteiger partial charge in [-0.3, -0.25) is 4.79 Å². The molecule has 22 heavy (non-hydrogen) atoms. The molecule has 2 aromatic rings. The molecule has 6 heteroatoms. The molecular weight excluding hydrogens is 380 g/mol. The minimum Gasteiger partial charge on any atom is -0.343 e. The average Bonchev–Trinajstić information content (AvgIpc) is 3.16. The van der Waals surface area contributed by atoms with Gasteiger partial charge < -0.3 is 9.88 Å². The molecule has 0 atom stereocenters. The Hall–Kier alpha value is -0.850. The zero-order chi connectivity index (χ0) is 15.5. The highest BCUT2D eigenvalue weighted by Crippen LogP contribution is 2.45. The van der Waals surface area contributed by atoms with E-state index in [2.05, 4.69) is 33.4 Å². The van der Waals surface area contributed by atoms with Crippen molar-refractivity contribution in [1.29, 1.82) is 0 Å². The minimum atomic E-state index is -0.0728. The van der Waals surface area contributed by atoms with Crippen LogP contribution < -0.4 is 5.32 Å². The van der Waals surface area contributed by atoms with E-state index in [0.717, 1.165) is 16.7 Å². The summed E-state index contributed by atoms with van der Waals surface area (Å²) >= 11 is 7.37. The molecule has 1 N–H and O–H groups in total. The van der Waals surface area contributed by atoms with Crippen molar-refractivity contribution in [3.63, 3.8) is 0 Å². The van der Waals surface area contributed by atoms with Crippen LogP contribution >= 0.6 is 39.5 Å². The smallest absolute Gasteiger partial charge is 0.272 e. The zero-order valence-electron chi connectivity index (χ0n) is 12.2. The van der Waals surface area contributed by atoms with Crippen LogP contribution in [0.2, 0.25) is 0 Å². The molecule has 0 aliphatic carbocycles. The van der Waals surface area contributed by atoms with E-state index in [0.29, 0.717) is 10.3 Å². The van der Waals surface area contributed by atoms with Crippen molar-refractivity contribution < 1.29 is 4.79 Å². The summed E-state index contributed by atoms with van der Waals surface area (Å²) in [5.41, 5.74) is 2.80. The molecule has 1 amide bonds. The fourth-order valence-electron chi connectivity index (χ4n) is 2.44. The molecule has 116 valence electrons. The maximum absolute atomic E-state index is 12.5. The monoisotopic (exact) mass is 396 g/mol. The highest BCUT2D eigenvalue weighted by molar-refractivity contribution is 9.10. The number of aromatic nitrogens is 1. The van der Waals surface area contributed by atoms with Crippen molar-refractivity contribution >= 4 is 51.0 Å². The summed E-state index contributed by atoms with van der Waals surface area (Å²) in [6.45, 7) is 2.79. The lowest BCUT2D eigenvalue weighted by Crippen LogP contribution is -2.16. The van der Waals surface area contributed by atoms with Gasteiger partial charge >= 0.3 is 0 Å². The predicted molar refractivity (Wildman–Crippen MR) is 99.9 cm³/mol. The Morgan fingerprint density at radius 3 is 2.86 bits per heavy atom. The van der Waals surface area contributed by atoms with Gasteiger partial charge in [0.1, 0.15) is 5.69 Å². The Morgan fingerprint density at radius 2 is 2.14 bits per heavy atom. The number of amides is 1. The van der Waals surface area contributed by atoms with E-state index in [1.54, 1.807) is 0 Å². The maximum Gasteiger partial charge on any atom is 0.272 e. The van der Waals surface area contributed by atoms with Crippen LogP contribution in [0.3, 0.4) is 0 Å². The molecule has 0 radical (unpaired) electrons. The average molecular weight is 397 g/mol. The van der Waals surface area contributed by atoms with Crippen LogP contribution in [0.5, 0.6) is 0 Å². The number of thioether (sulfide) groups is 2. The van der Waals surface area contributed by atoms with Crippen molar-refractivity contribution in [2.75, 3.05) is 16.8 Å². The van der Waals surface area contributed by atoms with E-state index < -0.39 is 0 Å². The first-order valence-corrected chi connectivity index (χ1v) is 10.1. The van der Waals surface area contributed by atoms with Crippen LogP contribution in [0.25, 0.3) is 0 Å². The molecule has 1 fully saturated rings. The SMILES string of the molecule is CCn1cc(Br)cc1C(=O)Nc1cccc(C2SCCS2)c1. The lowest BCUT2D eigenvalue weighted by atomic mass is 10.2. The molecule has 1 aromatic carbocycles. The van der Waals surface area contributed by atoms with E-state index in [1.807, 2.05) is 59.4 Å². The first-order chi connectivity index (χ1) is 10.7. The van der Waals surface area contributed by atoms with Crippen molar-refractivity contribution in [3.8, 4) is 0 Å². The van der Waals surface area contributed by atoms with Gasteiger partial charge in [-0.25, -0.2) is 0 Å². The van der Waals surface area contributed by atoms with Crippen molar-refractivity contribution in [3.05, 3.63) is 52.3 Å². The second-order valence-electron chi connectivity index (χ2n) is 4.98. The molecule has 1 aliphatic rings. The quantitative estimate of drug-likeness (QED) is 0.788. The molecule has 0 unspecified atom stereocenters. The Kier molecular flexibility index (Phi) is 5.21. The van der Waals surface area contributed by atoms with E-state index >= 15 is 0 Å². The number of benzene rings is 1. The normalized spacial score (nSPS) is 15.2. The molecule has 3 rings (SSSR count). The number of aryl methyl sites for hydroxylation is 1. The summed E-state index contributed by atoms with van der Waals surface area (Å²) in [5.74, 6) is 2.32. The third-order valence-corrected chi connectivity index (χ3v) is 7.01. The van der Waals surface area contributed by atoms with E-state index in [4.69, 9.17) is 0 Å². The number of halogens is 1. The van der Waals surface area contributed by atoms with Gasteiger partial charge in [0, 0.05) is 34.4 Å². The predicted octanol–water partition coefficient (Wildman–Crippen LogP) is 5.00. The zero-order valence-corrected chi connectivity index (χ0v) is 15.4. The van der Waals surface area contributed by atoms with Gasteiger partial charge in [0.05, 0.1) is 4.58 Å². The van der Waals surface area contributed by atoms with Gasteiger partial charge in [-0.2, -0.15) is 0 Å². The van der Waals surface area contributed by atoms with E-state index in [-0.39, 0.29) is 5.91 Å². The molecule has 1 aromatic heterocycles. The number of hydrogen-bond donors (Lipinski definition) is 1. The highest BCUT2D eigenvalue weighted by Gasteiger charge is 2.19. The summed E-state index contributed by atoms with van der Waals surface area (Å²) in [6, 6.07) is 10.0. The summed E-state index contributed by atoms with van der Waals surface area (Å²) in [7, 11) is 0. The molecule has 2 heterocycles. The fourth-order valence-corrected chi connectivity index (χ4v) is 5.74. The van der Waals surface area contributed by atoms with Crippen molar-refractivity contribution in [2.45, 2.75) is 18.1 Å². The van der Waals surface area contributed by atoms with Crippen LogP contribution in [-0.4, -0.2) is 22.0 Å². The Morgan fingerprint density at radius 1 is 1.36 bits per heavy atom. The van der Waals surface area contributed by atoms with E-state index in [1.165, 1.54) is 17.1 Å². The number of nitrogens with one attached hydrogen (secondary N) is 1. The highest BCUT2D eigenvalue weighted by atomic mass is 79.9. The largest absolute Gasteiger partial charge is 0.343 e. The number of hydrogen-bond acceptors (Lipinski definition) is 3. The molecular formula is C16H17BrN2OS2. The number of anilines is 1. The van der Waals surface area contributed by atoms with Crippen molar-refractivity contribution in [1.82, 2.24) is 4.57 Å². The molecule has 0 saturated carbocycles. The van der Waals surface area contributed by atoms with Crippen LogP contribution in [0, 0.1) is 0 Å². The number of carbonyl (C=O) groups excluding carboxylic acids is 1. The molecule has 1 saturated heterocycles. The number of nitrogens with zero attached hydrogens (tertiary/aromatic N) is 1. The number of carbonyl (C=O) groups is 1. The third kappa shape index (κ3) is 3.55. The topological polar surface area (TPSA) is 34.0 Å². The first-order valence-electron chi connectivity index (χ1n) is 7.17. The maximum atomic E-state index is 12.5. The lowest BCUT2D eigenvalue weighted by Gasteiger charge is -2.12. The lowest BCUT2D eigenvalue weighted by molar-refractivity contribution is 0.101. The summed E-state index contributed by atoms with van der Waals surface area (Å²) in [5, 5.41) is 3.01. The van der Waals surface area contributed by atoms with Gasteiger partial charge in [0.2, 0.25) is 0 Å². The molecule has 0 bridgehead atoms. The standard InChI is InChI=1S/C16H17BrN2OS2/c1-2-19-10-12(17)9-14(19)15(20)18-13-5-3-4-11(8-13)16-21-6-7-22-16/h3-5,8-10,16H,2,6-7H2,1H3,(H,18,20). The summed E-state index contributed by atoms with van der Waals surface area (Å²) in [4.78, 5) is 12.5. The second kappa shape index (κ2) is 7.15. The third-order valence-electron chi connectivity index (χ3n) is 3.47. The summed E-state index contributed by atoms with van der Waals surface area (Å²) < 4.78 is 3.35. The van der Waals surface area contributed by atoms with Crippen LogP contribution in [0.4, 0.5) is 5.69 Å². The second-order valence-corrected chi connectivity index (χ2v) is 8.62. The van der Waals surface area contributed by atoms with Gasteiger partial charge in [-0.1, -0.05) is 12.1 Å². The minimum absolute atomic E-state index is 0.0728. The van der Waals surface area contributed by atoms with Crippen LogP contribution in [-0.2, 0) is 6.54 Å². The Balaban J connectivity index is 1.77. The van der Waals surface area contributed by atoms with Gasteiger partial charge in [0.25, 0.3) is 5.91 Å². The van der Waals surface area contributed by atoms with Gasteiger partial charge in [0.15, 0.2) is 0 Å². The number of rotatable bonds is 4. The fraction of sp³-hybridized carbons (Fsp3) is 0.312. The van der Waals surface area contributed by atoms with Gasteiger partial charge in [-0.15, -0.1) is 23.5 Å².